The van der Waals surface area contributed by atoms with Crippen molar-refractivity contribution >= 4 is 17.5 Å². The van der Waals surface area contributed by atoms with Crippen molar-refractivity contribution in [3.63, 3.8) is 0 Å². The molecule has 110 valence electrons. The third-order valence-electron chi connectivity index (χ3n) is 4.33. The smallest absolute Gasteiger partial charge is 0.248 e. The van der Waals surface area contributed by atoms with Gasteiger partial charge >= 0.3 is 0 Å². The van der Waals surface area contributed by atoms with Crippen LogP contribution < -0.4 is 0 Å². The van der Waals surface area contributed by atoms with E-state index in [2.05, 4.69) is 0 Å². The van der Waals surface area contributed by atoms with Gasteiger partial charge in [0.25, 0.3) is 0 Å². The summed E-state index contributed by atoms with van der Waals surface area (Å²) >= 11 is 5.94. The quantitative estimate of drug-likeness (QED) is 0.709. The Bertz CT molecular complexity index is 325. The van der Waals surface area contributed by atoms with Crippen LogP contribution in [0.4, 0.5) is 8.78 Å². The monoisotopic (exact) mass is 293 g/mol. The molecule has 0 aromatic carbocycles. The number of likely N-dealkylation sites (tertiary alicyclic amines) is 1. The van der Waals surface area contributed by atoms with Gasteiger partial charge in [-0.25, -0.2) is 8.78 Å². The second kappa shape index (κ2) is 6.38. The molecule has 2 unspecified atom stereocenters. The minimum Gasteiger partial charge on any atom is -0.338 e. The van der Waals surface area contributed by atoms with Crippen LogP contribution in [-0.2, 0) is 4.79 Å². The van der Waals surface area contributed by atoms with Crippen LogP contribution in [0.3, 0.4) is 0 Å². The number of carbonyl (C=O) groups is 1. The van der Waals surface area contributed by atoms with E-state index in [1.54, 1.807) is 4.90 Å². The molecule has 1 amide bonds. The molecule has 19 heavy (non-hydrogen) atoms. The first-order valence-corrected chi connectivity index (χ1v) is 7.81. The number of nitrogens with zero attached hydrogens (tertiary/aromatic N) is 1. The molecule has 0 aromatic rings. The summed E-state index contributed by atoms with van der Waals surface area (Å²) in [4.78, 5) is 14.3. The number of amides is 1. The molecule has 2 fully saturated rings. The van der Waals surface area contributed by atoms with Crippen LogP contribution >= 0.6 is 11.6 Å². The van der Waals surface area contributed by atoms with Gasteiger partial charge in [-0.3, -0.25) is 4.79 Å². The first kappa shape index (κ1) is 15.0. The summed E-state index contributed by atoms with van der Waals surface area (Å²) in [5.74, 6) is -2.85. The van der Waals surface area contributed by atoms with Gasteiger partial charge in [-0.2, -0.15) is 0 Å². The van der Waals surface area contributed by atoms with E-state index in [0.717, 1.165) is 25.7 Å². The van der Waals surface area contributed by atoms with E-state index >= 15 is 0 Å². The highest BCUT2D eigenvalue weighted by molar-refractivity contribution is 6.18. The highest BCUT2D eigenvalue weighted by Gasteiger charge is 2.41. The fraction of sp³-hybridized carbons (Fsp3) is 0.929. The summed E-state index contributed by atoms with van der Waals surface area (Å²) in [6.45, 7) is 0.679. The lowest BCUT2D eigenvalue weighted by Gasteiger charge is -2.35. The molecule has 1 heterocycles. The molecule has 1 saturated heterocycles. The summed E-state index contributed by atoms with van der Waals surface area (Å²) < 4.78 is 26.9. The molecule has 1 saturated carbocycles. The standard InChI is InChI=1S/C14H22ClF2NO/c15-10-12-6-2-1-3-8-18(12)13(19)11-5-4-7-14(16,17)9-11/h11-12H,1-10H2. The molecule has 2 rings (SSSR count). The molecule has 0 aromatic heterocycles. The van der Waals surface area contributed by atoms with Crippen LogP contribution in [0, 0.1) is 5.92 Å². The number of rotatable bonds is 2. The zero-order valence-corrected chi connectivity index (χ0v) is 12.0. The molecular formula is C14H22ClF2NO. The first-order chi connectivity index (χ1) is 9.03. The Balaban J connectivity index is 2.03. The van der Waals surface area contributed by atoms with Crippen molar-refractivity contribution in [2.75, 3.05) is 12.4 Å². The van der Waals surface area contributed by atoms with Crippen molar-refractivity contribution in [1.82, 2.24) is 4.90 Å². The Morgan fingerprint density at radius 2 is 2.00 bits per heavy atom. The average molecular weight is 294 g/mol. The number of hydrogen-bond donors (Lipinski definition) is 0. The lowest BCUT2D eigenvalue weighted by molar-refractivity contribution is -0.144. The fourth-order valence-electron chi connectivity index (χ4n) is 3.24. The van der Waals surface area contributed by atoms with E-state index in [-0.39, 0.29) is 24.8 Å². The highest BCUT2D eigenvalue weighted by atomic mass is 35.5. The molecular weight excluding hydrogens is 272 g/mol. The van der Waals surface area contributed by atoms with Gasteiger partial charge in [-0.05, 0) is 25.7 Å². The molecule has 0 N–H and O–H groups in total. The number of halogens is 3. The SMILES string of the molecule is O=C(C1CCCC(F)(F)C1)N1CCCCCC1CCl. The second-order valence-electron chi connectivity index (χ2n) is 5.84. The molecule has 0 radical (unpaired) electrons. The number of hydrogen-bond acceptors (Lipinski definition) is 1. The van der Waals surface area contributed by atoms with Gasteiger partial charge in [-0.1, -0.05) is 12.8 Å². The van der Waals surface area contributed by atoms with E-state index < -0.39 is 11.8 Å². The Kier molecular flexibility index (Phi) is 5.04. The maximum atomic E-state index is 13.4. The zero-order chi connectivity index (χ0) is 13.9. The Hall–Kier alpha value is -0.380. The Labute approximate surface area is 118 Å². The molecule has 0 spiro atoms. The lowest BCUT2D eigenvalue weighted by Crippen LogP contribution is -2.46. The summed E-state index contributed by atoms with van der Waals surface area (Å²) in [6, 6.07) is 0.0345. The second-order valence-corrected chi connectivity index (χ2v) is 6.15. The van der Waals surface area contributed by atoms with Crippen molar-refractivity contribution in [2.24, 2.45) is 5.92 Å². The maximum Gasteiger partial charge on any atom is 0.248 e. The van der Waals surface area contributed by atoms with Crippen molar-refractivity contribution in [3.8, 4) is 0 Å². The van der Waals surface area contributed by atoms with Crippen molar-refractivity contribution in [2.45, 2.75) is 63.3 Å². The molecule has 0 bridgehead atoms. The highest BCUT2D eigenvalue weighted by Crippen LogP contribution is 2.38. The molecule has 1 aliphatic heterocycles. The third-order valence-corrected chi connectivity index (χ3v) is 4.68. The number of alkyl halides is 3. The van der Waals surface area contributed by atoms with E-state index in [0.29, 0.717) is 25.3 Å². The Morgan fingerprint density at radius 1 is 1.21 bits per heavy atom. The summed E-state index contributed by atoms with van der Waals surface area (Å²) in [7, 11) is 0. The predicted molar refractivity (Wildman–Crippen MR) is 71.6 cm³/mol. The van der Waals surface area contributed by atoms with E-state index in [9.17, 15) is 13.6 Å². The minimum absolute atomic E-state index is 0.0345. The van der Waals surface area contributed by atoms with Crippen LogP contribution in [0.15, 0.2) is 0 Å². The van der Waals surface area contributed by atoms with Gasteiger partial charge in [0.05, 0.1) is 0 Å². The molecule has 2 atom stereocenters. The fourth-order valence-corrected chi connectivity index (χ4v) is 3.57. The molecule has 1 aliphatic carbocycles. The van der Waals surface area contributed by atoms with Gasteiger partial charge in [0, 0.05) is 37.2 Å². The summed E-state index contributed by atoms with van der Waals surface area (Å²) in [6.07, 6.45) is 4.72. The van der Waals surface area contributed by atoms with Gasteiger partial charge in [0.1, 0.15) is 0 Å². The molecule has 2 nitrogen and oxygen atoms in total. The van der Waals surface area contributed by atoms with Crippen molar-refractivity contribution < 1.29 is 13.6 Å². The van der Waals surface area contributed by atoms with Crippen molar-refractivity contribution in [1.29, 1.82) is 0 Å². The van der Waals surface area contributed by atoms with Gasteiger partial charge in [0.15, 0.2) is 0 Å². The van der Waals surface area contributed by atoms with Crippen LogP contribution in [-0.4, -0.2) is 35.2 Å². The van der Waals surface area contributed by atoms with E-state index in [1.807, 2.05) is 0 Å². The topological polar surface area (TPSA) is 20.3 Å². The molecule has 5 heteroatoms. The minimum atomic E-state index is -2.67. The van der Waals surface area contributed by atoms with Crippen LogP contribution in [0.25, 0.3) is 0 Å². The summed E-state index contributed by atoms with van der Waals surface area (Å²) in [5, 5.41) is 0. The van der Waals surface area contributed by atoms with Gasteiger partial charge in [0.2, 0.25) is 11.8 Å². The van der Waals surface area contributed by atoms with E-state index in [1.165, 1.54) is 0 Å². The van der Waals surface area contributed by atoms with Crippen molar-refractivity contribution in [3.05, 3.63) is 0 Å². The lowest BCUT2D eigenvalue weighted by atomic mass is 9.85. The normalized spacial score (nSPS) is 31.8. The molecule has 2 aliphatic rings. The van der Waals surface area contributed by atoms with Gasteiger partial charge in [-0.15, -0.1) is 11.6 Å². The van der Waals surface area contributed by atoms with E-state index in [4.69, 9.17) is 11.6 Å². The van der Waals surface area contributed by atoms with Crippen LogP contribution in [0.5, 0.6) is 0 Å². The third kappa shape index (κ3) is 3.80. The van der Waals surface area contributed by atoms with Gasteiger partial charge < -0.3 is 4.90 Å². The first-order valence-electron chi connectivity index (χ1n) is 7.28. The van der Waals surface area contributed by atoms with Crippen LogP contribution in [0.1, 0.15) is 51.4 Å². The van der Waals surface area contributed by atoms with Crippen LogP contribution in [0.2, 0.25) is 0 Å². The predicted octanol–water partition coefficient (Wildman–Crippen LogP) is 3.82. The zero-order valence-electron chi connectivity index (χ0n) is 11.2. The Morgan fingerprint density at radius 3 is 2.68 bits per heavy atom. The maximum absolute atomic E-state index is 13.4. The average Bonchev–Trinajstić information content (AvgIpc) is 2.61. The number of carbonyl (C=O) groups excluding carboxylic acids is 1. The largest absolute Gasteiger partial charge is 0.338 e. The summed E-state index contributed by atoms with van der Waals surface area (Å²) in [5.41, 5.74) is 0.